The summed E-state index contributed by atoms with van der Waals surface area (Å²) in [6, 6.07) is 4.30. The molecule has 4 heteroatoms. The molecule has 1 aliphatic heterocycles. The van der Waals surface area contributed by atoms with Gasteiger partial charge in [-0.3, -0.25) is 0 Å². The van der Waals surface area contributed by atoms with E-state index in [9.17, 15) is 0 Å². The van der Waals surface area contributed by atoms with Crippen LogP contribution < -0.4 is 0 Å². The number of fused-ring (bicyclic) bond motifs is 1. The van der Waals surface area contributed by atoms with E-state index in [0.29, 0.717) is 5.92 Å². The van der Waals surface area contributed by atoms with E-state index in [1.807, 2.05) is 0 Å². The topological polar surface area (TPSA) is 30.7 Å². The highest BCUT2D eigenvalue weighted by molar-refractivity contribution is 7.15. The number of nitrogens with zero attached hydrogens (tertiary/aromatic N) is 3. The summed E-state index contributed by atoms with van der Waals surface area (Å²) in [6.45, 7) is 5.44. The predicted octanol–water partition coefficient (Wildman–Crippen LogP) is 3.21. The van der Waals surface area contributed by atoms with Gasteiger partial charge in [-0.25, -0.2) is 0 Å². The van der Waals surface area contributed by atoms with Gasteiger partial charge in [0.2, 0.25) is 0 Å². The second-order valence-corrected chi connectivity index (χ2v) is 5.77. The summed E-state index contributed by atoms with van der Waals surface area (Å²) >= 11 is 1.80. The minimum absolute atomic E-state index is 0.552. The quantitative estimate of drug-likeness (QED) is 0.757. The highest BCUT2D eigenvalue weighted by Gasteiger charge is 2.22. The first-order valence-electron chi connectivity index (χ1n) is 5.75. The van der Waals surface area contributed by atoms with Gasteiger partial charge in [0, 0.05) is 17.3 Å². The first-order valence-corrected chi connectivity index (χ1v) is 6.57. The maximum Gasteiger partial charge on any atom is 0.174 e. The van der Waals surface area contributed by atoms with Gasteiger partial charge < -0.3 is 4.57 Å². The first kappa shape index (κ1) is 10.0. The summed E-state index contributed by atoms with van der Waals surface area (Å²) in [5.41, 5.74) is 0. The maximum absolute atomic E-state index is 4.36. The smallest absolute Gasteiger partial charge is 0.174 e. The van der Waals surface area contributed by atoms with Crippen LogP contribution in [0, 0.1) is 6.92 Å². The molecule has 0 saturated carbocycles. The van der Waals surface area contributed by atoms with Gasteiger partial charge in [-0.05, 0) is 31.9 Å². The van der Waals surface area contributed by atoms with E-state index < -0.39 is 0 Å². The minimum Gasteiger partial charge on any atom is -0.310 e. The fourth-order valence-electron chi connectivity index (χ4n) is 2.32. The van der Waals surface area contributed by atoms with Crippen molar-refractivity contribution in [3.63, 3.8) is 0 Å². The third kappa shape index (κ3) is 1.48. The molecule has 2 aromatic rings. The van der Waals surface area contributed by atoms with E-state index in [1.54, 1.807) is 11.3 Å². The highest BCUT2D eigenvalue weighted by atomic mass is 32.1. The highest BCUT2D eigenvalue weighted by Crippen LogP contribution is 2.32. The molecule has 16 heavy (non-hydrogen) atoms. The van der Waals surface area contributed by atoms with Crippen LogP contribution in [-0.2, 0) is 6.54 Å². The molecule has 0 spiro atoms. The number of rotatable bonds is 1. The van der Waals surface area contributed by atoms with Crippen LogP contribution in [0.1, 0.15) is 36.4 Å². The molecule has 1 aliphatic rings. The lowest BCUT2D eigenvalue weighted by Crippen LogP contribution is -2.14. The van der Waals surface area contributed by atoms with Crippen LogP contribution in [0.4, 0.5) is 0 Å². The van der Waals surface area contributed by atoms with Gasteiger partial charge in [0.15, 0.2) is 5.82 Å². The lowest BCUT2D eigenvalue weighted by Gasteiger charge is -2.19. The number of thiophene rings is 1. The predicted molar refractivity (Wildman–Crippen MR) is 65.7 cm³/mol. The van der Waals surface area contributed by atoms with Gasteiger partial charge in [-0.15, -0.1) is 21.5 Å². The zero-order valence-corrected chi connectivity index (χ0v) is 10.4. The number of aromatic nitrogens is 3. The van der Waals surface area contributed by atoms with E-state index in [0.717, 1.165) is 18.2 Å². The molecule has 3 rings (SSSR count). The van der Waals surface area contributed by atoms with E-state index in [2.05, 4.69) is 40.7 Å². The van der Waals surface area contributed by atoms with E-state index in [1.165, 1.54) is 22.6 Å². The van der Waals surface area contributed by atoms with Gasteiger partial charge in [-0.1, -0.05) is 6.92 Å². The molecule has 0 aromatic carbocycles. The molecule has 0 N–H and O–H groups in total. The molecule has 3 heterocycles. The Hall–Kier alpha value is -1.16. The lowest BCUT2D eigenvalue weighted by atomic mass is 10.0. The molecule has 2 aromatic heterocycles. The monoisotopic (exact) mass is 233 g/mol. The summed E-state index contributed by atoms with van der Waals surface area (Å²) in [7, 11) is 0. The molecule has 0 fully saturated rings. The molecule has 84 valence electrons. The SMILES string of the molecule is Cc1ccc(-c2nnc3n2CCCC3C)s1. The Morgan fingerprint density at radius 3 is 3.00 bits per heavy atom. The Morgan fingerprint density at radius 2 is 2.25 bits per heavy atom. The molecule has 1 atom stereocenters. The molecule has 3 nitrogen and oxygen atoms in total. The summed E-state index contributed by atoms with van der Waals surface area (Å²) in [5.74, 6) is 2.77. The average Bonchev–Trinajstić information content (AvgIpc) is 2.84. The third-order valence-corrected chi connectivity index (χ3v) is 4.20. The summed E-state index contributed by atoms with van der Waals surface area (Å²) in [4.78, 5) is 2.57. The first-order chi connectivity index (χ1) is 7.75. The molecule has 1 unspecified atom stereocenters. The summed E-state index contributed by atoms with van der Waals surface area (Å²) in [6.07, 6.45) is 2.48. The fraction of sp³-hybridized carbons (Fsp3) is 0.500. The molecule has 0 bridgehead atoms. The van der Waals surface area contributed by atoms with Crippen LogP contribution >= 0.6 is 11.3 Å². The van der Waals surface area contributed by atoms with E-state index in [4.69, 9.17) is 0 Å². The maximum atomic E-state index is 4.36. The van der Waals surface area contributed by atoms with Gasteiger partial charge in [0.25, 0.3) is 0 Å². The van der Waals surface area contributed by atoms with Crippen LogP contribution in [-0.4, -0.2) is 14.8 Å². The Morgan fingerprint density at radius 1 is 1.38 bits per heavy atom. The van der Waals surface area contributed by atoms with E-state index >= 15 is 0 Å². The molecule has 0 aliphatic carbocycles. The zero-order chi connectivity index (χ0) is 11.1. The normalized spacial score (nSPS) is 19.8. The fourth-order valence-corrected chi connectivity index (χ4v) is 3.18. The van der Waals surface area contributed by atoms with Gasteiger partial charge in [-0.2, -0.15) is 0 Å². The van der Waals surface area contributed by atoms with Crippen LogP contribution in [0.15, 0.2) is 12.1 Å². The molecular weight excluding hydrogens is 218 g/mol. The standard InChI is InChI=1S/C12H15N3S/c1-8-4-3-7-15-11(8)13-14-12(15)10-6-5-9(2)16-10/h5-6,8H,3-4,7H2,1-2H3. The zero-order valence-electron chi connectivity index (χ0n) is 9.60. The van der Waals surface area contributed by atoms with Crippen molar-refractivity contribution in [2.45, 2.75) is 39.2 Å². The summed E-state index contributed by atoms with van der Waals surface area (Å²) in [5, 5.41) is 8.70. The molecule has 0 amide bonds. The van der Waals surface area contributed by atoms with Crippen molar-refractivity contribution in [3.8, 4) is 10.7 Å². The number of aryl methyl sites for hydroxylation is 1. The Bertz CT molecular complexity index is 512. The van der Waals surface area contributed by atoms with Crippen molar-refractivity contribution < 1.29 is 0 Å². The van der Waals surface area contributed by atoms with E-state index in [-0.39, 0.29) is 0 Å². The van der Waals surface area contributed by atoms with Crippen LogP contribution in [0.25, 0.3) is 10.7 Å². The Kier molecular flexibility index (Phi) is 2.32. The van der Waals surface area contributed by atoms with Crippen molar-refractivity contribution in [3.05, 3.63) is 22.8 Å². The molecule has 0 radical (unpaired) electrons. The summed E-state index contributed by atoms with van der Waals surface area (Å²) < 4.78 is 2.29. The van der Waals surface area contributed by atoms with Gasteiger partial charge >= 0.3 is 0 Å². The number of hydrogen-bond acceptors (Lipinski definition) is 3. The Balaban J connectivity index is 2.09. The average molecular weight is 233 g/mol. The van der Waals surface area contributed by atoms with Crippen molar-refractivity contribution in [1.82, 2.24) is 14.8 Å². The third-order valence-electron chi connectivity index (χ3n) is 3.20. The number of hydrogen-bond donors (Lipinski definition) is 0. The van der Waals surface area contributed by atoms with Crippen LogP contribution in [0.2, 0.25) is 0 Å². The van der Waals surface area contributed by atoms with Crippen LogP contribution in [0.3, 0.4) is 0 Å². The minimum atomic E-state index is 0.552. The largest absolute Gasteiger partial charge is 0.310 e. The molecular formula is C12H15N3S. The van der Waals surface area contributed by atoms with Gasteiger partial charge in [0.05, 0.1) is 4.88 Å². The van der Waals surface area contributed by atoms with Crippen molar-refractivity contribution >= 4 is 11.3 Å². The molecule has 0 saturated heterocycles. The second kappa shape index (κ2) is 3.70. The van der Waals surface area contributed by atoms with Crippen molar-refractivity contribution in [1.29, 1.82) is 0 Å². The lowest BCUT2D eigenvalue weighted by molar-refractivity contribution is 0.466. The van der Waals surface area contributed by atoms with Crippen LogP contribution in [0.5, 0.6) is 0 Å². The van der Waals surface area contributed by atoms with Crippen molar-refractivity contribution in [2.75, 3.05) is 0 Å². The second-order valence-electron chi connectivity index (χ2n) is 4.49. The Labute approximate surface area is 99.1 Å². The van der Waals surface area contributed by atoms with Gasteiger partial charge in [0.1, 0.15) is 5.82 Å². The van der Waals surface area contributed by atoms with Crippen molar-refractivity contribution in [2.24, 2.45) is 0 Å².